The fourth-order valence-corrected chi connectivity index (χ4v) is 0.431. The highest BCUT2D eigenvalue weighted by atomic mass is 16.3. The van der Waals surface area contributed by atoms with Crippen molar-refractivity contribution >= 4 is 5.91 Å². The summed E-state index contributed by atoms with van der Waals surface area (Å²) >= 11 is 0. The fourth-order valence-electron chi connectivity index (χ4n) is 0.431. The summed E-state index contributed by atoms with van der Waals surface area (Å²) in [7, 11) is 1.60. The molecule has 3 N–H and O–H groups in total. The summed E-state index contributed by atoms with van der Waals surface area (Å²) < 4.78 is 0. The first-order valence-corrected chi connectivity index (χ1v) is 2.77. The molecule has 0 bridgehead atoms. The zero-order chi connectivity index (χ0) is 7.28. The van der Waals surface area contributed by atoms with E-state index in [-0.39, 0.29) is 19.1 Å². The number of rotatable bonds is 3. The molecule has 0 saturated carbocycles. The maximum atomic E-state index is 10.6. The highest BCUT2D eigenvalue weighted by molar-refractivity contribution is 5.77. The predicted octanol–water partition coefficient (Wildman–Crippen LogP) is -1.60. The molecule has 0 spiro atoms. The second-order valence-electron chi connectivity index (χ2n) is 1.74. The lowest BCUT2D eigenvalue weighted by atomic mass is 10.5. The Labute approximate surface area is 54.3 Å². The van der Waals surface area contributed by atoms with Crippen LogP contribution in [0.3, 0.4) is 0 Å². The average molecular weight is 132 g/mol. The molecule has 0 aromatic carbocycles. The molecule has 0 aliphatic carbocycles. The Morgan fingerprint density at radius 2 is 2.33 bits per heavy atom. The summed E-state index contributed by atoms with van der Waals surface area (Å²) in [4.78, 5) is 12.0. The van der Waals surface area contributed by atoms with Gasteiger partial charge in [-0.1, -0.05) is 0 Å². The van der Waals surface area contributed by atoms with E-state index in [0.717, 1.165) is 0 Å². The van der Waals surface area contributed by atoms with E-state index in [1.807, 2.05) is 0 Å². The van der Waals surface area contributed by atoms with Crippen LogP contribution in [0.5, 0.6) is 0 Å². The van der Waals surface area contributed by atoms with Gasteiger partial charge in [-0.15, -0.1) is 0 Å². The van der Waals surface area contributed by atoms with Crippen LogP contribution in [0.15, 0.2) is 0 Å². The van der Waals surface area contributed by atoms with Crippen molar-refractivity contribution in [1.82, 2.24) is 4.90 Å². The first-order valence-electron chi connectivity index (χ1n) is 2.77. The number of hydrogen-bond acceptors (Lipinski definition) is 3. The normalized spacial score (nSPS) is 9.22. The fraction of sp³-hybridized carbons (Fsp3) is 0.800. The molecule has 9 heavy (non-hydrogen) atoms. The van der Waals surface area contributed by atoms with Crippen LogP contribution in [-0.2, 0) is 4.79 Å². The molecule has 0 unspecified atom stereocenters. The Morgan fingerprint density at radius 3 is 2.67 bits per heavy atom. The lowest BCUT2D eigenvalue weighted by molar-refractivity contribution is -0.128. The van der Waals surface area contributed by atoms with Gasteiger partial charge < -0.3 is 15.7 Å². The zero-order valence-corrected chi connectivity index (χ0v) is 5.50. The summed E-state index contributed by atoms with van der Waals surface area (Å²) in [5.74, 6) is -0.149. The van der Waals surface area contributed by atoms with Gasteiger partial charge in [0.25, 0.3) is 0 Å². The molecule has 0 atom stereocenters. The third kappa shape index (κ3) is 3.05. The minimum atomic E-state index is -0.149. The monoisotopic (exact) mass is 132 g/mol. The molecule has 4 nitrogen and oxygen atoms in total. The van der Waals surface area contributed by atoms with Gasteiger partial charge in [-0.25, -0.2) is 0 Å². The van der Waals surface area contributed by atoms with Gasteiger partial charge in [0.2, 0.25) is 5.91 Å². The third-order valence-electron chi connectivity index (χ3n) is 1.04. The van der Waals surface area contributed by atoms with Crippen LogP contribution in [0, 0.1) is 0 Å². The number of aliphatic hydroxyl groups is 1. The number of carbonyl (C=O) groups is 1. The molecule has 0 aromatic rings. The highest BCUT2D eigenvalue weighted by Crippen LogP contribution is 1.79. The number of amides is 1. The molecule has 54 valence electrons. The Bertz CT molecular complexity index is 95.0. The van der Waals surface area contributed by atoms with E-state index in [2.05, 4.69) is 0 Å². The molecular weight excluding hydrogens is 120 g/mol. The molecule has 0 aromatic heterocycles. The first kappa shape index (κ1) is 8.39. The maximum absolute atomic E-state index is 10.6. The van der Waals surface area contributed by atoms with Gasteiger partial charge in [-0.2, -0.15) is 0 Å². The van der Waals surface area contributed by atoms with Crippen molar-refractivity contribution in [2.75, 3.05) is 26.7 Å². The summed E-state index contributed by atoms with van der Waals surface area (Å²) in [6.07, 6.45) is 0. The SMILES string of the molecule is CN(CCO)C(=O)CN. The van der Waals surface area contributed by atoms with Gasteiger partial charge in [0.15, 0.2) is 0 Å². The summed E-state index contributed by atoms with van der Waals surface area (Å²) in [6, 6.07) is 0. The first-order chi connectivity index (χ1) is 4.22. The van der Waals surface area contributed by atoms with E-state index >= 15 is 0 Å². The third-order valence-corrected chi connectivity index (χ3v) is 1.04. The molecule has 0 aliphatic rings. The van der Waals surface area contributed by atoms with Crippen molar-refractivity contribution < 1.29 is 9.90 Å². The van der Waals surface area contributed by atoms with Crippen LogP contribution in [0.25, 0.3) is 0 Å². The van der Waals surface area contributed by atoms with Crippen molar-refractivity contribution in [2.45, 2.75) is 0 Å². The Balaban J connectivity index is 3.45. The van der Waals surface area contributed by atoms with Gasteiger partial charge in [0, 0.05) is 13.6 Å². The van der Waals surface area contributed by atoms with Crippen LogP contribution < -0.4 is 5.73 Å². The van der Waals surface area contributed by atoms with Crippen molar-refractivity contribution in [3.63, 3.8) is 0 Å². The average Bonchev–Trinajstić information content (AvgIpc) is 1.87. The van der Waals surface area contributed by atoms with Crippen molar-refractivity contribution in [1.29, 1.82) is 0 Å². The van der Waals surface area contributed by atoms with Crippen molar-refractivity contribution in [3.05, 3.63) is 0 Å². The molecular formula is C5H12N2O2. The summed E-state index contributed by atoms with van der Waals surface area (Å²) in [6.45, 7) is 0.356. The lowest BCUT2D eigenvalue weighted by Crippen LogP contribution is -2.34. The van der Waals surface area contributed by atoms with E-state index in [1.54, 1.807) is 7.05 Å². The van der Waals surface area contributed by atoms with Gasteiger partial charge in [-0.3, -0.25) is 4.79 Å². The van der Waals surface area contributed by atoms with Gasteiger partial charge in [-0.05, 0) is 0 Å². The highest BCUT2D eigenvalue weighted by Gasteiger charge is 2.02. The van der Waals surface area contributed by atoms with E-state index in [1.165, 1.54) is 4.90 Å². The van der Waals surface area contributed by atoms with Gasteiger partial charge >= 0.3 is 0 Å². The zero-order valence-electron chi connectivity index (χ0n) is 5.50. The van der Waals surface area contributed by atoms with Gasteiger partial charge in [0.05, 0.1) is 13.2 Å². The topological polar surface area (TPSA) is 66.6 Å². The van der Waals surface area contributed by atoms with E-state index in [4.69, 9.17) is 10.8 Å². The van der Waals surface area contributed by atoms with Crippen LogP contribution in [0.2, 0.25) is 0 Å². The number of carbonyl (C=O) groups excluding carboxylic acids is 1. The minimum Gasteiger partial charge on any atom is -0.395 e. The second kappa shape index (κ2) is 4.29. The maximum Gasteiger partial charge on any atom is 0.236 e. The number of nitrogens with zero attached hydrogens (tertiary/aromatic N) is 1. The lowest BCUT2D eigenvalue weighted by Gasteiger charge is -2.13. The quantitative estimate of drug-likeness (QED) is 0.486. The van der Waals surface area contributed by atoms with Crippen LogP contribution >= 0.6 is 0 Å². The van der Waals surface area contributed by atoms with Crippen LogP contribution in [0.1, 0.15) is 0 Å². The Hall–Kier alpha value is -0.610. The molecule has 0 rings (SSSR count). The predicted molar refractivity (Wildman–Crippen MR) is 33.8 cm³/mol. The van der Waals surface area contributed by atoms with Crippen LogP contribution in [0.4, 0.5) is 0 Å². The standard InChI is InChI=1S/C5H12N2O2/c1-7(2-3-8)5(9)4-6/h8H,2-4,6H2,1H3. The number of hydrogen-bond donors (Lipinski definition) is 2. The minimum absolute atomic E-state index is 0.0104. The summed E-state index contributed by atoms with van der Waals surface area (Å²) in [5, 5.41) is 8.35. The van der Waals surface area contributed by atoms with E-state index in [0.29, 0.717) is 6.54 Å². The van der Waals surface area contributed by atoms with E-state index < -0.39 is 0 Å². The Kier molecular flexibility index (Phi) is 4.00. The number of nitrogens with two attached hydrogens (primary N) is 1. The molecule has 0 fully saturated rings. The molecule has 0 heterocycles. The van der Waals surface area contributed by atoms with E-state index in [9.17, 15) is 4.79 Å². The second-order valence-corrected chi connectivity index (χ2v) is 1.74. The molecule has 0 radical (unpaired) electrons. The smallest absolute Gasteiger partial charge is 0.236 e. The van der Waals surface area contributed by atoms with Crippen LogP contribution in [-0.4, -0.2) is 42.7 Å². The molecule has 0 saturated heterocycles. The largest absolute Gasteiger partial charge is 0.395 e. The molecule has 4 heteroatoms. The summed E-state index contributed by atoms with van der Waals surface area (Å²) in [5.41, 5.74) is 5.03. The number of likely N-dealkylation sites (N-methyl/N-ethyl adjacent to an activating group) is 1. The Morgan fingerprint density at radius 1 is 1.78 bits per heavy atom. The number of aliphatic hydroxyl groups excluding tert-OH is 1. The van der Waals surface area contributed by atoms with Crippen molar-refractivity contribution in [2.24, 2.45) is 5.73 Å². The van der Waals surface area contributed by atoms with Crippen molar-refractivity contribution in [3.8, 4) is 0 Å². The van der Waals surface area contributed by atoms with Gasteiger partial charge in [0.1, 0.15) is 0 Å². The molecule has 1 amide bonds. The molecule has 0 aliphatic heterocycles.